The van der Waals surface area contributed by atoms with Crippen molar-refractivity contribution in [3.8, 4) is 11.6 Å². The van der Waals surface area contributed by atoms with Gasteiger partial charge in [0, 0.05) is 18.3 Å². The number of hydrogen-bond donors (Lipinski definition) is 1. The van der Waals surface area contributed by atoms with E-state index >= 15 is 0 Å². The van der Waals surface area contributed by atoms with Gasteiger partial charge in [0.1, 0.15) is 5.75 Å². The SMILES string of the molecule is Cc1ccc(OCC(C)C)c(CCc2cnc(OC(=O)NC3CCCC3)cc2C)c1. The van der Waals surface area contributed by atoms with Crippen LogP contribution in [0.15, 0.2) is 30.5 Å². The van der Waals surface area contributed by atoms with Gasteiger partial charge in [0.25, 0.3) is 0 Å². The Hall–Kier alpha value is -2.56. The van der Waals surface area contributed by atoms with Crippen molar-refractivity contribution in [2.45, 2.75) is 72.3 Å². The summed E-state index contributed by atoms with van der Waals surface area (Å²) in [4.78, 5) is 16.4. The third-order valence-corrected chi connectivity index (χ3v) is 5.52. The van der Waals surface area contributed by atoms with Crippen molar-refractivity contribution in [1.82, 2.24) is 10.3 Å². The first-order valence-electron chi connectivity index (χ1n) is 11.1. The first-order valence-corrected chi connectivity index (χ1v) is 11.1. The molecular formula is C25H34N2O3. The summed E-state index contributed by atoms with van der Waals surface area (Å²) in [7, 11) is 0. The van der Waals surface area contributed by atoms with Gasteiger partial charge in [-0.3, -0.25) is 0 Å². The van der Waals surface area contributed by atoms with Crippen molar-refractivity contribution in [1.29, 1.82) is 0 Å². The molecule has 0 atom stereocenters. The van der Waals surface area contributed by atoms with Crippen LogP contribution >= 0.6 is 0 Å². The molecule has 1 fully saturated rings. The number of amides is 1. The molecule has 1 heterocycles. The van der Waals surface area contributed by atoms with Gasteiger partial charge in [-0.05, 0) is 68.2 Å². The normalized spacial score (nSPS) is 14.2. The number of benzene rings is 1. The van der Waals surface area contributed by atoms with Crippen LogP contribution in [0.2, 0.25) is 0 Å². The lowest BCUT2D eigenvalue weighted by atomic mass is 10.0. The second-order valence-electron chi connectivity index (χ2n) is 8.78. The number of hydrogen-bond acceptors (Lipinski definition) is 4. The number of aryl methyl sites for hydroxylation is 4. The number of pyridine rings is 1. The molecule has 1 saturated carbocycles. The molecule has 0 bridgehead atoms. The summed E-state index contributed by atoms with van der Waals surface area (Å²) in [6.07, 6.45) is 7.54. The molecule has 2 aromatic rings. The maximum absolute atomic E-state index is 12.1. The number of rotatable bonds is 8. The van der Waals surface area contributed by atoms with Gasteiger partial charge in [-0.1, -0.05) is 44.4 Å². The fourth-order valence-corrected chi connectivity index (χ4v) is 3.81. The zero-order chi connectivity index (χ0) is 21.5. The van der Waals surface area contributed by atoms with Crippen LogP contribution in [0, 0.1) is 19.8 Å². The molecule has 1 amide bonds. The fraction of sp³-hybridized carbons (Fsp3) is 0.520. The Kier molecular flexibility index (Phi) is 7.72. The maximum Gasteiger partial charge on any atom is 0.414 e. The lowest BCUT2D eigenvalue weighted by molar-refractivity contribution is 0.194. The number of nitrogens with one attached hydrogen (secondary N) is 1. The second kappa shape index (κ2) is 10.5. The predicted octanol–water partition coefficient (Wildman–Crippen LogP) is 5.55. The summed E-state index contributed by atoms with van der Waals surface area (Å²) in [5.74, 6) is 1.80. The molecule has 0 spiro atoms. The van der Waals surface area contributed by atoms with Crippen molar-refractivity contribution in [3.05, 3.63) is 52.7 Å². The van der Waals surface area contributed by atoms with Gasteiger partial charge in [0.2, 0.25) is 5.88 Å². The van der Waals surface area contributed by atoms with Gasteiger partial charge >= 0.3 is 6.09 Å². The Bertz CT molecular complexity index is 857. The van der Waals surface area contributed by atoms with E-state index in [9.17, 15) is 4.79 Å². The quantitative estimate of drug-likeness (QED) is 0.620. The highest BCUT2D eigenvalue weighted by Crippen LogP contribution is 2.24. The van der Waals surface area contributed by atoms with E-state index in [1.165, 1.54) is 24.0 Å². The molecule has 1 aromatic carbocycles. The minimum atomic E-state index is -0.409. The minimum absolute atomic E-state index is 0.235. The van der Waals surface area contributed by atoms with Crippen LogP contribution in [0.1, 0.15) is 61.8 Å². The average molecular weight is 411 g/mol. The Labute approximate surface area is 180 Å². The van der Waals surface area contributed by atoms with Crippen molar-refractivity contribution in [3.63, 3.8) is 0 Å². The molecule has 3 rings (SSSR count). The summed E-state index contributed by atoms with van der Waals surface area (Å²) in [6.45, 7) is 9.16. The Balaban J connectivity index is 1.59. The van der Waals surface area contributed by atoms with E-state index in [-0.39, 0.29) is 6.04 Å². The highest BCUT2D eigenvalue weighted by atomic mass is 16.6. The second-order valence-corrected chi connectivity index (χ2v) is 8.78. The molecule has 0 saturated heterocycles. The highest BCUT2D eigenvalue weighted by molar-refractivity contribution is 5.70. The van der Waals surface area contributed by atoms with Crippen LogP contribution in [0.3, 0.4) is 0 Å². The number of ether oxygens (including phenoxy) is 2. The lowest BCUT2D eigenvalue weighted by Crippen LogP contribution is -2.35. The molecule has 0 aliphatic heterocycles. The van der Waals surface area contributed by atoms with Gasteiger partial charge in [0.15, 0.2) is 0 Å². The van der Waals surface area contributed by atoms with Crippen LogP contribution in [-0.4, -0.2) is 23.7 Å². The Morgan fingerprint density at radius 2 is 1.87 bits per heavy atom. The standard InChI is InChI=1S/C25H34N2O3/c1-17(2)16-29-23-12-9-18(3)13-20(23)10-11-21-15-26-24(14-19(21)4)30-25(28)27-22-7-5-6-8-22/h9,12-15,17,22H,5-8,10-11,16H2,1-4H3,(H,27,28). The number of carbonyl (C=O) groups is 1. The number of aromatic nitrogens is 1. The van der Waals surface area contributed by atoms with Crippen molar-refractivity contribution < 1.29 is 14.3 Å². The Morgan fingerprint density at radius 1 is 1.13 bits per heavy atom. The summed E-state index contributed by atoms with van der Waals surface area (Å²) >= 11 is 0. The summed E-state index contributed by atoms with van der Waals surface area (Å²) in [5, 5.41) is 2.92. The van der Waals surface area contributed by atoms with E-state index in [1.54, 1.807) is 0 Å². The molecule has 1 N–H and O–H groups in total. The molecule has 1 aliphatic rings. The van der Waals surface area contributed by atoms with E-state index in [0.29, 0.717) is 18.4 Å². The molecular weight excluding hydrogens is 376 g/mol. The third kappa shape index (κ3) is 6.48. The molecule has 1 aromatic heterocycles. The highest BCUT2D eigenvalue weighted by Gasteiger charge is 2.18. The topological polar surface area (TPSA) is 60.5 Å². The van der Waals surface area contributed by atoms with Gasteiger partial charge in [-0.15, -0.1) is 0 Å². The maximum atomic E-state index is 12.1. The van der Waals surface area contributed by atoms with E-state index in [0.717, 1.165) is 42.6 Å². The number of carbonyl (C=O) groups excluding carboxylic acids is 1. The van der Waals surface area contributed by atoms with Crippen molar-refractivity contribution in [2.24, 2.45) is 5.92 Å². The van der Waals surface area contributed by atoms with Gasteiger partial charge in [-0.2, -0.15) is 0 Å². The van der Waals surface area contributed by atoms with Crippen molar-refractivity contribution >= 4 is 6.09 Å². The predicted molar refractivity (Wildman–Crippen MR) is 119 cm³/mol. The van der Waals surface area contributed by atoms with Gasteiger partial charge in [0.05, 0.1) is 6.61 Å². The summed E-state index contributed by atoms with van der Waals surface area (Å²) in [5.41, 5.74) is 4.67. The smallest absolute Gasteiger partial charge is 0.414 e. The van der Waals surface area contributed by atoms with Crippen LogP contribution in [0.4, 0.5) is 4.79 Å². The van der Waals surface area contributed by atoms with Crippen LogP contribution < -0.4 is 14.8 Å². The number of nitrogens with zero attached hydrogens (tertiary/aromatic N) is 1. The van der Waals surface area contributed by atoms with Crippen LogP contribution in [-0.2, 0) is 12.8 Å². The van der Waals surface area contributed by atoms with Gasteiger partial charge in [-0.25, -0.2) is 9.78 Å². The molecule has 5 nitrogen and oxygen atoms in total. The summed E-state index contributed by atoms with van der Waals surface area (Å²) in [6, 6.07) is 8.44. The molecule has 0 radical (unpaired) electrons. The zero-order valence-electron chi connectivity index (χ0n) is 18.7. The largest absolute Gasteiger partial charge is 0.493 e. The molecule has 0 unspecified atom stereocenters. The van der Waals surface area contributed by atoms with E-state index in [1.807, 2.05) is 19.2 Å². The van der Waals surface area contributed by atoms with Crippen molar-refractivity contribution in [2.75, 3.05) is 6.61 Å². The van der Waals surface area contributed by atoms with Crippen LogP contribution in [0.25, 0.3) is 0 Å². The van der Waals surface area contributed by atoms with E-state index in [2.05, 4.69) is 49.3 Å². The van der Waals surface area contributed by atoms with E-state index < -0.39 is 6.09 Å². The van der Waals surface area contributed by atoms with E-state index in [4.69, 9.17) is 9.47 Å². The molecule has 5 heteroatoms. The molecule has 1 aliphatic carbocycles. The lowest BCUT2D eigenvalue weighted by Gasteiger charge is -2.15. The molecule has 30 heavy (non-hydrogen) atoms. The Morgan fingerprint density at radius 3 is 2.57 bits per heavy atom. The van der Waals surface area contributed by atoms with Gasteiger partial charge < -0.3 is 14.8 Å². The third-order valence-electron chi connectivity index (χ3n) is 5.52. The average Bonchev–Trinajstić information content (AvgIpc) is 3.19. The molecule has 162 valence electrons. The fourth-order valence-electron chi connectivity index (χ4n) is 3.81. The zero-order valence-corrected chi connectivity index (χ0v) is 18.7. The summed E-state index contributed by atoms with van der Waals surface area (Å²) < 4.78 is 11.4. The minimum Gasteiger partial charge on any atom is -0.493 e. The monoisotopic (exact) mass is 410 g/mol. The first-order chi connectivity index (χ1) is 14.4. The van der Waals surface area contributed by atoms with Crippen LogP contribution in [0.5, 0.6) is 11.6 Å². The first kappa shape index (κ1) is 22.1.